The van der Waals surface area contributed by atoms with Gasteiger partial charge in [0.1, 0.15) is 18.2 Å². The second-order valence-electron chi connectivity index (χ2n) is 3.78. The average Bonchev–Trinajstić information content (AvgIpc) is 2.82. The third-order valence-corrected chi connectivity index (χ3v) is 2.59. The van der Waals surface area contributed by atoms with Gasteiger partial charge in [-0.3, -0.25) is 4.79 Å². The highest BCUT2D eigenvalue weighted by molar-refractivity contribution is 6.30. The van der Waals surface area contributed by atoms with Gasteiger partial charge in [0.2, 0.25) is 0 Å². The SMILES string of the molecule is COCc1ccc(C(=O)Nc2ccc(Cl)cc2F)o1. The first-order valence-electron chi connectivity index (χ1n) is 5.44. The third-order valence-electron chi connectivity index (χ3n) is 2.35. The summed E-state index contributed by atoms with van der Waals surface area (Å²) in [5.74, 6) is -0.543. The molecule has 0 saturated heterocycles. The van der Waals surface area contributed by atoms with Crippen molar-refractivity contribution in [2.45, 2.75) is 6.61 Å². The first-order chi connectivity index (χ1) is 9.10. The zero-order chi connectivity index (χ0) is 13.8. The molecule has 1 aromatic heterocycles. The highest BCUT2D eigenvalue weighted by Gasteiger charge is 2.13. The number of hydrogen-bond donors (Lipinski definition) is 1. The van der Waals surface area contributed by atoms with Crippen LogP contribution < -0.4 is 5.32 Å². The van der Waals surface area contributed by atoms with Gasteiger partial charge >= 0.3 is 0 Å². The van der Waals surface area contributed by atoms with Crippen LogP contribution in [0.1, 0.15) is 16.3 Å². The molecule has 1 amide bonds. The highest BCUT2D eigenvalue weighted by atomic mass is 35.5. The molecule has 0 aliphatic rings. The Balaban J connectivity index is 2.11. The van der Waals surface area contributed by atoms with Crippen molar-refractivity contribution in [2.24, 2.45) is 0 Å². The maximum Gasteiger partial charge on any atom is 0.291 e. The molecule has 4 nitrogen and oxygen atoms in total. The number of carbonyl (C=O) groups excluding carboxylic acids is 1. The molecule has 0 unspecified atom stereocenters. The summed E-state index contributed by atoms with van der Waals surface area (Å²) in [7, 11) is 1.52. The molecule has 1 aromatic carbocycles. The van der Waals surface area contributed by atoms with E-state index in [1.165, 1.54) is 25.3 Å². The van der Waals surface area contributed by atoms with Gasteiger partial charge in [0.05, 0.1) is 5.69 Å². The molecule has 19 heavy (non-hydrogen) atoms. The Morgan fingerprint density at radius 3 is 2.89 bits per heavy atom. The van der Waals surface area contributed by atoms with Crippen LogP contribution in [0.15, 0.2) is 34.7 Å². The highest BCUT2D eigenvalue weighted by Crippen LogP contribution is 2.20. The smallest absolute Gasteiger partial charge is 0.291 e. The minimum Gasteiger partial charge on any atom is -0.453 e. The second-order valence-corrected chi connectivity index (χ2v) is 4.21. The van der Waals surface area contributed by atoms with Crippen molar-refractivity contribution in [1.82, 2.24) is 0 Å². The summed E-state index contributed by atoms with van der Waals surface area (Å²) in [5.41, 5.74) is 0.0408. The lowest BCUT2D eigenvalue weighted by Gasteiger charge is -2.04. The molecule has 2 aromatic rings. The largest absolute Gasteiger partial charge is 0.453 e. The zero-order valence-corrected chi connectivity index (χ0v) is 10.8. The number of rotatable bonds is 4. The van der Waals surface area contributed by atoms with E-state index in [9.17, 15) is 9.18 Å². The van der Waals surface area contributed by atoms with Crippen LogP contribution in [0.5, 0.6) is 0 Å². The molecule has 0 bridgehead atoms. The first kappa shape index (κ1) is 13.6. The minimum atomic E-state index is -0.607. The number of ether oxygens (including phenoxy) is 1. The van der Waals surface area contributed by atoms with E-state index in [2.05, 4.69) is 5.32 Å². The van der Waals surface area contributed by atoms with Crippen molar-refractivity contribution < 1.29 is 18.3 Å². The molecule has 0 saturated carbocycles. The van der Waals surface area contributed by atoms with Gasteiger partial charge in [-0.15, -0.1) is 0 Å². The van der Waals surface area contributed by atoms with Crippen LogP contribution in [-0.2, 0) is 11.3 Å². The summed E-state index contributed by atoms with van der Waals surface area (Å²) >= 11 is 5.62. The van der Waals surface area contributed by atoms with Crippen molar-refractivity contribution in [1.29, 1.82) is 0 Å². The summed E-state index contributed by atoms with van der Waals surface area (Å²) in [6.07, 6.45) is 0. The number of methoxy groups -OCH3 is 1. The average molecular weight is 284 g/mol. The number of halogens is 2. The molecule has 100 valence electrons. The van der Waals surface area contributed by atoms with Gasteiger partial charge < -0.3 is 14.5 Å². The minimum absolute atomic E-state index is 0.0408. The van der Waals surface area contributed by atoms with E-state index in [1.807, 2.05) is 0 Å². The number of hydrogen-bond acceptors (Lipinski definition) is 3. The van der Waals surface area contributed by atoms with Gasteiger partial charge in [-0.2, -0.15) is 0 Å². The van der Waals surface area contributed by atoms with E-state index in [0.29, 0.717) is 5.76 Å². The first-order valence-corrected chi connectivity index (χ1v) is 5.82. The molecular formula is C13H11ClFNO3. The fourth-order valence-corrected chi connectivity index (χ4v) is 1.65. The summed E-state index contributed by atoms with van der Waals surface area (Å²) < 4.78 is 23.6. The van der Waals surface area contributed by atoms with Crippen LogP contribution in [0.4, 0.5) is 10.1 Å². The van der Waals surface area contributed by atoms with Gasteiger partial charge in [-0.1, -0.05) is 11.6 Å². The van der Waals surface area contributed by atoms with E-state index in [1.54, 1.807) is 6.07 Å². The van der Waals surface area contributed by atoms with Crippen LogP contribution in [0, 0.1) is 5.82 Å². The van der Waals surface area contributed by atoms with Crippen molar-refractivity contribution in [3.05, 3.63) is 52.7 Å². The number of nitrogens with one attached hydrogen (secondary N) is 1. The van der Waals surface area contributed by atoms with E-state index >= 15 is 0 Å². The summed E-state index contributed by atoms with van der Waals surface area (Å²) in [6, 6.07) is 7.11. The normalized spacial score (nSPS) is 10.5. The number of anilines is 1. The number of benzene rings is 1. The summed E-state index contributed by atoms with van der Waals surface area (Å²) in [6.45, 7) is 0.266. The van der Waals surface area contributed by atoms with Gasteiger partial charge in [0, 0.05) is 12.1 Å². The van der Waals surface area contributed by atoms with Gasteiger partial charge in [0.25, 0.3) is 5.91 Å². The molecular weight excluding hydrogens is 273 g/mol. The maximum atomic E-state index is 13.5. The third kappa shape index (κ3) is 3.33. The van der Waals surface area contributed by atoms with Crippen molar-refractivity contribution in [2.75, 3.05) is 12.4 Å². The Labute approximate surface area is 114 Å². The summed E-state index contributed by atoms with van der Waals surface area (Å²) in [4.78, 5) is 11.8. The number of carbonyl (C=O) groups is 1. The molecule has 0 fully saturated rings. The predicted molar refractivity (Wildman–Crippen MR) is 68.8 cm³/mol. The molecule has 1 heterocycles. The van der Waals surface area contributed by atoms with Crippen LogP contribution in [-0.4, -0.2) is 13.0 Å². The van der Waals surface area contributed by atoms with E-state index in [-0.39, 0.29) is 23.1 Å². The molecule has 0 aliphatic carbocycles. The van der Waals surface area contributed by atoms with Crippen LogP contribution in [0.3, 0.4) is 0 Å². The lowest BCUT2D eigenvalue weighted by molar-refractivity contribution is 0.0987. The Bertz CT molecular complexity index is 597. The van der Waals surface area contributed by atoms with Crippen LogP contribution in [0.25, 0.3) is 0 Å². The lowest BCUT2D eigenvalue weighted by atomic mass is 10.3. The van der Waals surface area contributed by atoms with E-state index in [0.717, 1.165) is 6.07 Å². The van der Waals surface area contributed by atoms with E-state index in [4.69, 9.17) is 20.8 Å². The second kappa shape index (κ2) is 5.86. The fourth-order valence-electron chi connectivity index (χ4n) is 1.49. The quantitative estimate of drug-likeness (QED) is 0.935. The molecule has 0 aliphatic heterocycles. The summed E-state index contributed by atoms with van der Waals surface area (Å²) in [5, 5.41) is 2.66. The fraction of sp³-hybridized carbons (Fsp3) is 0.154. The van der Waals surface area contributed by atoms with Crippen LogP contribution in [0.2, 0.25) is 5.02 Å². The Kier molecular flexibility index (Phi) is 4.19. The molecule has 0 atom stereocenters. The topological polar surface area (TPSA) is 51.5 Å². The standard InChI is InChI=1S/C13H11ClFNO3/c1-18-7-9-3-5-12(19-9)13(17)16-11-4-2-8(14)6-10(11)15/h2-6H,7H2,1H3,(H,16,17). The molecule has 6 heteroatoms. The Hall–Kier alpha value is -1.85. The van der Waals surface area contributed by atoms with Crippen LogP contribution >= 0.6 is 11.6 Å². The maximum absolute atomic E-state index is 13.5. The van der Waals surface area contributed by atoms with Gasteiger partial charge in [-0.05, 0) is 30.3 Å². The van der Waals surface area contributed by atoms with Gasteiger partial charge in [-0.25, -0.2) is 4.39 Å². The van der Waals surface area contributed by atoms with Gasteiger partial charge in [0.15, 0.2) is 5.76 Å². The molecule has 1 N–H and O–H groups in total. The van der Waals surface area contributed by atoms with Crippen molar-refractivity contribution in [3.8, 4) is 0 Å². The van der Waals surface area contributed by atoms with E-state index < -0.39 is 11.7 Å². The van der Waals surface area contributed by atoms with Crippen molar-refractivity contribution in [3.63, 3.8) is 0 Å². The number of furan rings is 1. The molecule has 0 radical (unpaired) electrons. The Morgan fingerprint density at radius 1 is 1.42 bits per heavy atom. The predicted octanol–water partition coefficient (Wildman–Crippen LogP) is 3.47. The Morgan fingerprint density at radius 2 is 2.21 bits per heavy atom. The molecule has 2 rings (SSSR count). The lowest BCUT2D eigenvalue weighted by Crippen LogP contribution is -2.12. The zero-order valence-electron chi connectivity index (χ0n) is 10.1. The van der Waals surface area contributed by atoms with Crippen molar-refractivity contribution >= 4 is 23.2 Å². The number of amides is 1. The monoisotopic (exact) mass is 283 g/mol. The molecule has 0 spiro atoms.